The summed E-state index contributed by atoms with van der Waals surface area (Å²) in [5.41, 5.74) is 3.64. The normalized spacial score (nSPS) is 15.6. The first-order valence-electron chi connectivity index (χ1n) is 11.7. The van der Waals surface area contributed by atoms with Gasteiger partial charge in [-0.2, -0.15) is 13.2 Å². The lowest BCUT2D eigenvalue weighted by Gasteiger charge is -2.34. The largest absolute Gasteiger partial charge is 0.471 e. The van der Waals surface area contributed by atoms with Gasteiger partial charge in [-0.25, -0.2) is 9.18 Å². The predicted molar refractivity (Wildman–Crippen MR) is 143 cm³/mol. The molecule has 202 valence electrons. The zero-order chi connectivity index (χ0) is 28.1. The molecule has 0 atom stereocenters. The van der Waals surface area contributed by atoms with Gasteiger partial charge in [0.25, 0.3) is 0 Å². The van der Waals surface area contributed by atoms with Crippen LogP contribution in [0.1, 0.15) is 17.5 Å². The van der Waals surface area contributed by atoms with Gasteiger partial charge in [-0.05, 0) is 65.6 Å². The molecule has 39 heavy (non-hydrogen) atoms. The Bertz CT molecular complexity index is 1520. The molecule has 0 radical (unpaired) electrons. The fourth-order valence-electron chi connectivity index (χ4n) is 4.75. The number of halogens is 7. The second-order valence-electron chi connectivity index (χ2n) is 8.94. The number of anilines is 2. The third kappa shape index (κ3) is 5.18. The molecule has 0 spiro atoms. The standard InChI is InChI=1S/C27H18Cl3F4N3O2/c28-20-2-1-3-21(29)24(20)37-23-11-15(14-6-8-36(9-7-14)25(38)27(32,33)34)10-18(19(23)13-35-26(37)39)17-5-4-16(31)12-22(17)30/h1-6,10-12H,7-9,13H2,(H,35,39). The molecule has 0 fully saturated rings. The number of carbonyl (C=O) groups excluding carboxylic acids is 2. The van der Waals surface area contributed by atoms with E-state index in [1.807, 2.05) is 0 Å². The quantitative estimate of drug-likeness (QED) is 0.311. The van der Waals surface area contributed by atoms with E-state index < -0.39 is 23.9 Å². The average Bonchev–Trinajstić information content (AvgIpc) is 2.88. The maximum atomic E-state index is 13.9. The zero-order valence-electron chi connectivity index (χ0n) is 19.9. The first kappa shape index (κ1) is 27.3. The van der Waals surface area contributed by atoms with Crippen molar-refractivity contribution in [1.82, 2.24) is 10.2 Å². The van der Waals surface area contributed by atoms with Gasteiger partial charge < -0.3 is 10.2 Å². The van der Waals surface area contributed by atoms with Crippen LogP contribution in [0, 0.1) is 5.82 Å². The molecule has 5 nitrogen and oxygen atoms in total. The highest BCUT2D eigenvalue weighted by Crippen LogP contribution is 2.46. The van der Waals surface area contributed by atoms with Crippen LogP contribution in [0.5, 0.6) is 0 Å². The number of fused-ring (bicyclic) bond motifs is 1. The Morgan fingerprint density at radius 3 is 2.28 bits per heavy atom. The van der Waals surface area contributed by atoms with Crippen molar-refractivity contribution >= 4 is 63.7 Å². The summed E-state index contributed by atoms with van der Waals surface area (Å²) in [5.74, 6) is -2.44. The van der Waals surface area contributed by atoms with E-state index in [4.69, 9.17) is 34.8 Å². The predicted octanol–water partition coefficient (Wildman–Crippen LogP) is 7.99. The van der Waals surface area contributed by atoms with Crippen molar-refractivity contribution in [2.24, 2.45) is 0 Å². The summed E-state index contributed by atoms with van der Waals surface area (Å²) in [6.45, 7) is -0.269. The van der Waals surface area contributed by atoms with Crippen LogP contribution in [0.25, 0.3) is 16.7 Å². The van der Waals surface area contributed by atoms with Gasteiger partial charge in [0, 0.05) is 30.8 Å². The van der Waals surface area contributed by atoms with Crippen molar-refractivity contribution in [2.75, 3.05) is 18.0 Å². The van der Waals surface area contributed by atoms with E-state index in [1.165, 1.54) is 23.1 Å². The molecule has 0 aliphatic carbocycles. The summed E-state index contributed by atoms with van der Waals surface area (Å²) < 4.78 is 52.7. The lowest BCUT2D eigenvalue weighted by Crippen LogP contribution is -2.43. The minimum absolute atomic E-state index is 0.114. The van der Waals surface area contributed by atoms with E-state index in [2.05, 4.69) is 5.32 Å². The zero-order valence-corrected chi connectivity index (χ0v) is 22.1. The Labute approximate surface area is 235 Å². The molecular weight excluding hydrogens is 581 g/mol. The molecule has 0 aromatic heterocycles. The van der Waals surface area contributed by atoms with E-state index in [-0.39, 0.29) is 46.8 Å². The molecule has 2 aliphatic rings. The molecule has 1 N–H and O–H groups in total. The molecular formula is C27H18Cl3F4N3O2. The Balaban J connectivity index is 1.69. The maximum Gasteiger partial charge on any atom is 0.471 e. The first-order chi connectivity index (χ1) is 18.5. The van der Waals surface area contributed by atoms with E-state index in [9.17, 15) is 27.2 Å². The Morgan fingerprint density at radius 2 is 1.67 bits per heavy atom. The average molecular weight is 599 g/mol. The summed E-state index contributed by atoms with van der Waals surface area (Å²) in [5, 5.41) is 3.37. The SMILES string of the molecule is O=C1NCc2c(-c3ccc(F)cc3Cl)cc(C3=CCN(C(=O)C(F)(F)F)CC3)cc2N1c1c(Cl)cccc1Cl. The fraction of sp³-hybridized carbons (Fsp3) is 0.185. The van der Waals surface area contributed by atoms with Crippen molar-refractivity contribution in [3.05, 3.63) is 86.6 Å². The lowest BCUT2D eigenvalue weighted by molar-refractivity contribution is -0.185. The maximum absolute atomic E-state index is 13.9. The molecule has 0 bridgehead atoms. The first-order valence-corrected chi connectivity index (χ1v) is 12.8. The van der Waals surface area contributed by atoms with Gasteiger partial charge in [0.15, 0.2) is 0 Å². The number of nitrogens with one attached hydrogen (secondary N) is 1. The van der Waals surface area contributed by atoms with Crippen LogP contribution < -0.4 is 10.2 Å². The van der Waals surface area contributed by atoms with E-state index >= 15 is 0 Å². The highest BCUT2D eigenvalue weighted by molar-refractivity contribution is 6.40. The molecule has 12 heteroatoms. The molecule has 0 saturated heterocycles. The van der Waals surface area contributed by atoms with Crippen LogP contribution in [-0.2, 0) is 11.3 Å². The number of carbonyl (C=O) groups is 2. The van der Waals surface area contributed by atoms with E-state index in [1.54, 1.807) is 36.4 Å². The van der Waals surface area contributed by atoms with Gasteiger partial charge in [0.05, 0.1) is 26.4 Å². The molecule has 0 unspecified atom stereocenters. The highest BCUT2D eigenvalue weighted by Gasteiger charge is 2.42. The van der Waals surface area contributed by atoms with Crippen LogP contribution in [0.4, 0.5) is 33.7 Å². The molecule has 3 amide bonds. The Hall–Kier alpha value is -3.27. The minimum Gasteiger partial charge on any atom is -0.333 e. The van der Waals surface area contributed by atoms with E-state index in [0.717, 1.165) is 4.90 Å². The third-order valence-corrected chi connectivity index (χ3v) is 7.50. The molecule has 2 heterocycles. The summed E-state index contributed by atoms with van der Waals surface area (Å²) in [6.07, 6.45) is -3.29. The summed E-state index contributed by atoms with van der Waals surface area (Å²) in [7, 11) is 0. The van der Waals surface area contributed by atoms with Crippen molar-refractivity contribution < 1.29 is 27.2 Å². The molecule has 0 saturated carbocycles. The Kier molecular flexibility index (Phi) is 7.26. The van der Waals surface area contributed by atoms with Gasteiger partial charge in [-0.1, -0.05) is 46.9 Å². The molecule has 5 rings (SSSR count). The van der Waals surface area contributed by atoms with Gasteiger partial charge in [-0.15, -0.1) is 0 Å². The second-order valence-corrected chi connectivity index (χ2v) is 10.2. The number of amides is 3. The summed E-state index contributed by atoms with van der Waals surface area (Å²) >= 11 is 19.3. The molecule has 3 aromatic carbocycles. The summed E-state index contributed by atoms with van der Waals surface area (Å²) in [4.78, 5) is 26.9. The van der Waals surface area contributed by atoms with Crippen LogP contribution in [-0.4, -0.2) is 36.1 Å². The van der Waals surface area contributed by atoms with Gasteiger partial charge >= 0.3 is 18.1 Å². The number of benzene rings is 3. The topological polar surface area (TPSA) is 52.7 Å². The molecule has 3 aromatic rings. The number of hydrogen-bond acceptors (Lipinski definition) is 2. The number of urea groups is 1. The van der Waals surface area contributed by atoms with Gasteiger partial charge in [0.2, 0.25) is 0 Å². The smallest absolute Gasteiger partial charge is 0.333 e. The number of para-hydroxylation sites is 1. The monoisotopic (exact) mass is 597 g/mol. The fourth-order valence-corrected chi connectivity index (χ4v) is 5.58. The highest BCUT2D eigenvalue weighted by atomic mass is 35.5. The van der Waals surface area contributed by atoms with Crippen molar-refractivity contribution in [3.63, 3.8) is 0 Å². The molecule has 2 aliphatic heterocycles. The van der Waals surface area contributed by atoms with Crippen LogP contribution in [0.2, 0.25) is 15.1 Å². The third-order valence-electron chi connectivity index (χ3n) is 6.58. The van der Waals surface area contributed by atoms with Crippen LogP contribution in [0.3, 0.4) is 0 Å². The van der Waals surface area contributed by atoms with Crippen molar-refractivity contribution in [2.45, 2.75) is 19.1 Å². The number of rotatable bonds is 3. The summed E-state index contributed by atoms with van der Waals surface area (Å²) in [6, 6.07) is 11.8. The number of hydrogen-bond donors (Lipinski definition) is 1. The van der Waals surface area contributed by atoms with Gasteiger partial charge in [0.1, 0.15) is 5.82 Å². The van der Waals surface area contributed by atoms with E-state index in [0.29, 0.717) is 33.5 Å². The van der Waals surface area contributed by atoms with Crippen LogP contribution >= 0.6 is 34.8 Å². The Morgan fingerprint density at radius 1 is 0.949 bits per heavy atom. The van der Waals surface area contributed by atoms with Crippen LogP contribution in [0.15, 0.2) is 54.6 Å². The van der Waals surface area contributed by atoms with Gasteiger partial charge in [-0.3, -0.25) is 9.69 Å². The van der Waals surface area contributed by atoms with Crippen molar-refractivity contribution in [3.8, 4) is 11.1 Å². The van der Waals surface area contributed by atoms with Crippen molar-refractivity contribution in [1.29, 1.82) is 0 Å². The number of alkyl halides is 3. The lowest BCUT2D eigenvalue weighted by atomic mass is 9.89. The number of nitrogens with zero attached hydrogens (tertiary/aromatic N) is 2. The second kappa shape index (κ2) is 10.4. The minimum atomic E-state index is -4.97.